The lowest BCUT2D eigenvalue weighted by atomic mass is 10.1. The van der Waals surface area contributed by atoms with Gasteiger partial charge in [-0.15, -0.1) is 0 Å². The van der Waals surface area contributed by atoms with Crippen LogP contribution in [0.15, 0.2) is 42.7 Å². The van der Waals surface area contributed by atoms with E-state index in [0.717, 1.165) is 22.0 Å². The Morgan fingerprint density at radius 1 is 1.16 bits per heavy atom. The Morgan fingerprint density at radius 2 is 1.95 bits per heavy atom. The molecule has 0 atom stereocenters. The van der Waals surface area contributed by atoms with Crippen LogP contribution in [0.25, 0.3) is 22.0 Å². The van der Waals surface area contributed by atoms with E-state index in [4.69, 9.17) is 17.5 Å². The quantitative estimate of drug-likeness (QED) is 0.685. The van der Waals surface area contributed by atoms with E-state index in [0.29, 0.717) is 10.2 Å². The third kappa shape index (κ3) is 1.98. The minimum Gasteiger partial charge on any atom is -0.267 e. The highest BCUT2D eigenvalue weighted by Crippen LogP contribution is 2.25. The van der Waals surface area contributed by atoms with Crippen LogP contribution < -0.4 is 0 Å². The molecule has 0 bridgehead atoms. The molecule has 5 heteroatoms. The van der Waals surface area contributed by atoms with Crippen LogP contribution in [0.3, 0.4) is 0 Å². The summed E-state index contributed by atoms with van der Waals surface area (Å²) in [6, 6.07) is 11.6. The molecule has 19 heavy (non-hydrogen) atoms. The standard InChI is InChI=1S/C14H8N4S/c15-6-9-5-10(8-16-7-9)13-11-3-1-2-4-12(11)14(19)18-17-13/h1-5,7-8H,(H,18,19). The van der Waals surface area contributed by atoms with Crippen molar-refractivity contribution in [3.63, 3.8) is 0 Å². The number of aromatic amines is 1. The van der Waals surface area contributed by atoms with Crippen molar-refractivity contribution < 1.29 is 0 Å². The molecular formula is C14H8N4S. The second-order valence-corrected chi connectivity index (χ2v) is 4.43. The van der Waals surface area contributed by atoms with Gasteiger partial charge in [-0.05, 0) is 6.07 Å². The lowest BCUT2D eigenvalue weighted by Crippen LogP contribution is -1.92. The van der Waals surface area contributed by atoms with Gasteiger partial charge in [0.2, 0.25) is 0 Å². The fourth-order valence-corrected chi connectivity index (χ4v) is 2.19. The fraction of sp³-hybridized carbons (Fsp3) is 0. The lowest BCUT2D eigenvalue weighted by molar-refractivity contribution is 1.04. The predicted octanol–water partition coefficient (Wildman–Crippen LogP) is 3.23. The van der Waals surface area contributed by atoms with Crippen molar-refractivity contribution in [2.45, 2.75) is 0 Å². The molecular weight excluding hydrogens is 256 g/mol. The molecule has 1 N–H and O–H groups in total. The smallest absolute Gasteiger partial charge is 0.127 e. The number of pyridine rings is 1. The van der Waals surface area contributed by atoms with E-state index in [1.807, 2.05) is 24.3 Å². The zero-order chi connectivity index (χ0) is 13.2. The summed E-state index contributed by atoms with van der Waals surface area (Å²) in [7, 11) is 0. The Kier molecular flexibility index (Phi) is 2.78. The number of hydrogen-bond donors (Lipinski definition) is 1. The molecule has 0 aliphatic rings. The average Bonchev–Trinajstić information content (AvgIpc) is 2.48. The highest BCUT2D eigenvalue weighted by Gasteiger charge is 2.07. The number of hydrogen-bond acceptors (Lipinski definition) is 4. The van der Waals surface area contributed by atoms with Gasteiger partial charge in [-0.3, -0.25) is 10.1 Å². The van der Waals surface area contributed by atoms with E-state index >= 15 is 0 Å². The van der Waals surface area contributed by atoms with Gasteiger partial charge >= 0.3 is 0 Å². The zero-order valence-electron chi connectivity index (χ0n) is 9.79. The second kappa shape index (κ2) is 4.59. The number of H-pyrrole nitrogens is 1. The molecule has 0 aliphatic heterocycles. The maximum Gasteiger partial charge on any atom is 0.127 e. The van der Waals surface area contributed by atoms with Crippen molar-refractivity contribution in [2.75, 3.05) is 0 Å². The van der Waals surface area contributed by atoms with Crippen LogP contribution in [0.4, 0.5) is 0 Å². The van der Waals surface area contributed by atoms with Gasteiger partial charge < -0.3 is 0 Å². The van der Waals surface area contributed by atoms with Gasteiger partial charge in [-0.2, -0.15) is 10.4 Å². The predicted molar refractivity (Wildman–Crippen MR) is 74.9 cm³/mol. The first-order chi connectivity index (χ1) is 9.29. The second-order valence-electron chi connectivity index (χ2n) is 4.02. The SMILES string of the molecule is N#Cc1cncc(-c2n[nH]c(=S)c3ccccc23)c1. The molecule has 0 amide bonds. The van der Waals surface area contributed by atoms with Gasteiger partial charge in [0.15, 0.2) is 0 Å². The topological polar surface area (TPSA) is 65.4 Å². The molecule has 2 heterocycles. The number of benzene rings is 1. The van der Waals surface area contributed by atoms with Crippen molar-refractivity contribution in [3.05, 3.63) is 52.9 Å². The maximum absolute atomic E-state index is 8.93. The summed E-state index contributed by atoms with van der Waals surface area (Å²) >= 11 is 5.23. The first kappa shape index (κ1) is 11.5. The first-order valence-electron chi connectivity index (χ1n) is 5.62. The van der Waals surface area contributed by atoms with Crippen LogP contribution in [0.1, 0.15) is 5.56 Å². The maximum atomic E-state index is 8.93. The molecule has 0 saturated carbocycles. The summed E-state index contributed by atoms with van der Waals surface area (Å²) in [5, 5.41) is 17.9. The van der Waals surface area contributed by atoms with E-state index in [-0.39, 0.29) is 0 Å². The molecule has 2 aromatic heterocycles. The van der Waals surface area contributed by atoms with Crippen molar-refractivity contribution in [2.24, 2.45) is 0 Å². The van der Waals surface area contributed by atoms with Crippen LogP contribution in [-0.2, 0) is 0 Å². The molecule has 0 radical (unpaired) electrons. The van der Waals surface area contributed by atoms with Gasteiger partial charge in [-0.25, -0.2) is 0 Å². The summed E-state index contributed by atoms with van der Waals surface area (Å²) in [6.07, 6.45) is 3.21. The Labute approximate surface area is 114 Å². The largest absolute Gasteiger partial charge is 0.267 e. The van der Waals surface area contributed by atoms with Crippen LogP contribution in [0.5, 0.6) is 0 Å². The van der Waals surface area contributed by atoms with Crippen molar-refractivity contribution in [1.82, 2.24) is 15.2 Å². The molecule has 0 fully saturated rings. The van der Waals surface area contributed by atoms with Crippen LogP contribution in [-0.4, -0.2) is 15.2 Å². The minimum absolute atomic E-state index is 0.505. The van der Waals surface area contributed by atoms with Crippen LogP contribution in [0.2, 0.25) is 0 Å². The third-order valence-electron chi connectivity index (χ3n) is 2.84. The van der Waals surface area contributed by atoms with Crippen LogP contribution in [0, 0.1) is 16.0 Å². The van der Waals surface area contributed by atoms with Crippen LogP contribution >= 0.6 is 12.2 Å². The first-order valence-corrected chi connectivity index (χ1v) is 6.03. The van der Waals surface area contributed by atoms with Crippen molar-refractivity contribution in [3.8, 4) is 17.3 Å². The minimum atomic E-state index is 0.505. The number of rotatable bonds is 1. The number of aromatic nitrogens is 3. The monoisotopic (exact) mass is 264 g/mol. The van der Waals surface area contributed by atoms with E-state index in [9.17, 15) is 0 Å². The average molecular weight is 264 g/mol. The molecule has 0 unspecified atom stereocenters. The molecule has 3 aromatic rings. The van der Waals surface area contributed by atoms with Crippen molar-refractivity contribution in [1.29, 1.82) is 5.26 Å². The van der Waals surface area contributed by atoms with E-state index in [2.05, 4.69) is 21.3 Å². The third-order valence-corrected chi connectivity index (χ3v) is 3.15. The summed E-state index contributed by atoms with van der Waals surface area (Å²) < 4.78 is 0.601. The molecule has 0 aliphatic carbocycles. The van der Waals surface area contributed by atoms with Gasteiger partial charge in [0.05, 0.1) is 5.56 Å². The molecule has 0 saturated heterocycles. The Morgan fingerprint density at radius 3 is 2.74 bits per heavy atom. The number of nitriles is 1. The zero-order valence-corrected chi connectivity index (χ0v) is 10.6. The van der Waals surface area contributed by atoms with Gasteiger partial charge in [0.25, 0.3) is 0 Å². The molecule has 4 nitrogen and oxygen atoms in total. The van der Waals surface area contributed by atoms with Gasteiger partial charge in [0, 0.05) is 28.7 Å². The highest BCUT2D eigenvalue weighted by molar-refractivity contribution is 7.71. The summed E-state index contributed by atoms with van der Waals surface area (Å²) in [4.78, 5) is 4.06. The Balaban J connectivity index is 2.34. The lowest BCUT2D eigenvalue weighted by Gasteiger charge is -2.05. The van der Waals surface area contributed by atoms with E-state index in [1.54, 1.807) is 12.3 Å². The molecule has 1 aromatic carbocycles. The highest BCUT2D eigenvalue weighted by atomic mass is 32.1. The van der Waals surface area contributed by atoms with Crippen molar-refractivity contribution >= 4 is 23.0 Å². The summed E-state index contributed by atoms with van der Waals surface area (Å²) in [6.45, 7) is 0. The normalized spacial score (nSPS) is 10.3. The van der Waals surface area contributed by atoms with E-state index < -0.39 is 0 Å². The van der Waals surface area contributed by atoms with E-state index in [1.165, 1.54) is 6.20 Å². The van der Waals surface area contributed by atoms with Gasteiger partial charge in [-0.1, -0.05) is 36.5 Å². The molecule has 3 rings (SSSR count). The molecule has 90 valence electrons. The Bertz CT molecular complexity index is 861. The number of nitrogens with zero attached hydrogens (tertiary/aromatic N) is 3. The Hall–Kier alpha value is -2.58. The van der Waals surface area contributed by atoms with Gasteiger partial charge in [0.1, 0.15) is 16.4 Å². The number of nitrogens with one attached hydrogen (secondary N) is 1. The fourth-order valence-electron chi connectivity index (χ4n) is 1.97. The molecule has 0 spiro atoms. The number of fused-ring (bicyclic) bond motifs is 1. The summed E-state index contributed by atoms with van der Waals surface area (Å²) in [5.41, 5.74) is 2.04. The summed E-state index contributed by atoms with van der Waals surface area (Å²) in [5.74, 6) is 0.